The zero-order chi connectivity index (χ0) is 19.6. The van der Waals surface area contributed by atoms with Gasteiger partial charge in [0.1, 0.15) is 5.75 Å². The number of carbonyl (C=O) groups is 3. The first kappa shape index (κ1) is 20.0. The first-order chi connectivity index (χ1) is 13.0. The molecule has 142 valence electrons. The number of anilines is 1. The molecule has 2 aromatic rings. The normalized spacial score (nSPS) is 11.2. The molecule has 0 bridgehead atoms. The van der Waals surface area contributed by atoms with Gasteiger partial charge in [0.25, 0.3) is 5.91 Å². The number of rotatable bonds is 8. The average Bonchev–Trinajstić information content (AvgIpc) is 2.67. The summed E-state index contributed by atoms with van der Waals surface area (Å²) in [5, 5.41) is 2.54. The van der Waals surface area contributed by atoms with Gasteiger partial charge in [0.05, 0.1) is 17.9 Å². The van der Waals surface area contributed by atoms with Crippen molar-refractivity contribution < 1.29 is 28.6 Å². The number of esters is 2. The number of nitrogens with one attached hydrogen (secondary N) is 1. The number of amides is 1. The molecule has 0 aromatic heterocycles. The van der Waals surface area contributed by atoms with E-state index in [-0.39, 0.29) is 17.9 Å². The summed E-state index contributed by atoms with van der Waals surface area (Å²) in [6, 6.07) is 15.2. The third kappa shape index (κ3) is 6.14. The summed E-state index contributed by atoms with van der Waals surface area (Å²) >= 11 is 0. The molecule has 7 nitrogen and oxygen atoms in total. The second kappa shape index (κ2) is 9.96. The first-order valence-electron chi connectivity index (χ1n) is 8.45. The Morgan fingerprint density at radius 1 is 0.963 bits per heavy atom. The van der Waals surface area contributed by atoms with Crippen molar-refractivity contribution in [2.24, 2.45) is 0 Å². The van der Waals surface area contributed by atoms with Crippen LogP contribution in [0.25, 0.3) is 0 Å². The van der Waals surface area contributed by atoms with E-state index >= 15 is 0 Å². The Hall–Kier alpha value is -3.35. The van der Waals surface area contributed by atoms with Gasteiger partial charge in [-0.25, -0.2) is 9.59 Å². The summed E-state index contributed by atoms with van der Waals surface area (Å²) in [4.78, 5) is 35.9. The molecule has 0 aliphatic carbocycles. The van der Waals surface area contributed by atoms with Gasteiger partial charge < -0.3 is 19.5 Å². The third-order valence-corrected chi connectivity index (χ3v) is 3.43. The highest BCUT2D eigenvalue weighted by atomic mass is 16.6. The van der Waals surface area contributed by atoms with Crippen LogP contribution in [0.15, 0.2) is 54.6 Å². The third-order valence-electron chi connectivity index (χ3n) is 3.43. The molecule has 0 aliphatic heterocycles. The predicted octanol–water partition coefficient (Wildman–Crippen LogP) is 2.81. The van der Waals surface area contributed by atoms with E-state index in [2.05, 4.69) is 5.32 Å². The molecule has 0 saturated carbocycles. The van der Waals surface area contributed by atoms with Crippen molar-refractivity contribution >= 4 is 23.5 Å². The molecule has 0 unspecified atom stereocenters. The fourth-order valence-electron chi connectivity index (χ4n) is 2.17. The second-order valence-electron chi connectivity index (χ2n) is 5.50. The Labute approximate surface area is 157 Å². The van der Waals surface area contributed by atoms with Gasteiger partial charge in [-0.05, 0) is 38.1 Å². The molecule has 2 rings (SSSR count). The summed E-state index contributed by atoms with van der Waals surface area (Å²) in [5.41, 5.74) is 0.505. The fourth-order valence-corrected chi connectivity index (χ4v) is 2.17. The van der Waals surface area contributed by atoms with Crippen molar-refractivity contribution in [1.82, 2.24) is 0 Å². The maximum atomic E-state index is 12.0. The van der Waals surface area contributed by atoms with Crippen LogP contribution in [0.1, 0.15) is 24.2 Å². The molecule has 0 fully saturated rings. The van der Waals surface area contributed by atoms with E-state index in [1.54, 1.807) is 49.4 Å². The highest BCUT2D eigenvalue weighted by molar-refractivity contribution is 6.01. The number of ether oxygens (including phenoxy) is 3. The van der Waals surface area contributed by atoms with Gasteiger partial charge in [0, 0.05) is 0 Å². The molecule has 1 amide bonds. The first-order valence-corrected chi connectivity index (χ1v) is 8.45. The Morgan fingerprint density at radius 3 is 2.33 bits per heavy atom. The maximum Gasteiger partial charge on any atom is 0.347 e. The SMILES string of the molecule is CCOC(=O)c1ccccc1NC(=O)COC(=O)[C@@H](C)Oc1ccccc1. The number of hydrogen-bond donors (Lipinski definition) is 1. The van der Waals surface area contributed by atoms with Gasteiger partial charge in [0.2, 0.25) is 0 Å². The average molecular weight is 371 g/mol. The molecule has 0 spiro atoms. The predicted molar refractivity (Wildman–Crippen MR) is 98.5 cm³/mol. The molecule has 0 radical (unpaired) electrons. The maximum absolute atomic E-state index is 12.0. The fraction of sp³-hybridized carbons (Fsp3) is 0.250. The van der Waals surface area contributed by atoms with E-state index in [9.17, 15) is 14.4 Å². The summed E-state index contributed by atoms with van der Waals surface area (Å²) in [7, 11) is 0. The lowest BCUT2D eigenvalue weighted by Crippen LogP contribution is -2.30. The monoisotopic (exact) mass is 371 g/mol. The molecule has 7 heteroatoms. The van der Waals surface area contributed by atoms with Crippen LogP contribution in [0.4, 0.5) is 5.69 Å². The van der Waals surface area contributed by atoms with E-state index < -0.39 is 30.6 Å². The van der Waals surface area contributed by atoms with Gasteiger partial charge in [-0.15, -0.1) is 0 Å². The van der Waals surface area contributed by atoms with Crippen LogP contribution in [-0.2, 0) is 19.1 Å². The minimum Gasteiger partial charge on any atom is -0.479 e. The van der Waals surface area contributed by atoms with Crippen molar-refractivity contribution in [3.05, 3.63) is 60.2 Å². The molecule has 0 saturated heterocycles. The van der Waals surface area contributed by atoms with Gasteiger partial charge >= 0.3 is 11.9 Å². The number of hydrogen-bond acceptors (Lipinski definition) is 6. The Morgan fingerprint density at radius 2 is 1.63 bits per heavy atom. The lowest BCUT2D eigenvalue weighted by Gasteiger charge is -2.14. The van der Waals surface area contributed by atoms with Crippen molar-refractivity contribution in [2.45, 2.75) is 20.0 Å². The number of carbonyl (C=O) groups excluding carboxylic acids is 3. The van der Waals surface area contributed by atoms with Crippen LogP contribution in [-0.4, -0.2) is 37.2 Å². The molecule has 2 aromatic carbocycles. The van der Waals surface area contributed by atoms with Crippen molar-refractivity contribution in [3.63, 3.8) is 0 Å². The van der Waals surface area contributed by atoms with Crippen molar-refractivity contribution in [2.75, 3.05) is 18.5 Å². The molecule has 0 aliphatic rings. The van der Waals surface area contributed by atoms with Crippen LogP contribution < -0.4 is 10.1 Å². The molecule has 0 heterocycles. The summed E-state index contributed by atoms with van der Waals surface area (Å²) in [6.45, 7) is 2.94. The second-order valence-corrected chi connectivity index (χ2v) is 5.50. The minimum atomic E-state index is -0.869. The van der Waals surface area contributed by atoms with E-state index in [1.165, 1.54) is 13.0 Å². The Balaban J connectivity index is 1.87. The van der Waals surface area contributed by atoms with Crippen molar-refractivity contribution in [3.8, 4) is 5.75 Å². The quantitative estimate of drug-likeness (QED) is 0.718. The van der Waals surface area contributed by atoms with E-state index in [1.807, 2.05) is 6.07 Å². The Kier molecular flexibility index (Phi) is 7.37. The summed E-state index contributed by atoms with van der Waals surface area (Å²) in [6.07, 6.45) is -0.869. The lowest BCUT2D eigenvalue weighted by atomic mass is 10.2. The van der Waals surface area contributed by atoms with Crippen LogP contribution >= 0.6 is 0 Å². The summed E-state index contributed by atoms with van der Waals surface area (Å²) in [5.74, 6) is -1.27. The zero-order valence-electron chi connectivity index (χ0n) is 15.1. The van der Waals surface area contributed by atoms with Gasteiger partial charge in [-0.3, -0.25) is 4.79 Å². The highest BCUT2D eigenvalue weighted by Gasteiger charge is 2.19. The standard InChI is InChI=1S/C20H21NO6/c1-3-25-20(24)16-11-7-8-12-17(16)21-18(22)13-26-19(23)14(2)27-15-9-5-4-6-10-15/h4-12,14H,3,13H2,1-2H3,(H,21,22)/t14-/m1/s1. The summed E-state index contributed by atoms with van der Waals surface area (Å²) < 4.78 is 15.3. The van der Waals surface area contributed by atoms with Crippen LogP contribution in [0.5, 0.6) is 5.75 Å². The Bertz CT molecular complexity index is 790. The largest absolute Gasteiger partial charge is 0.479 e. The van der Waals surface area contributed by atoms with Gasteiger partial charge in [0.15, 0.2) is 12.7 Å². The number of para-hydroxylation sites is 2. The van der Waals surface area contributed by atoms with Crippen LogP contribution in [0, 0.1) is 0 Å². The van der Waals surface area contributed by atoms with Gasteiger partial charge in [-0.2, -0.15) is 0 Å². The molecular formula is C20H21NO6. The lowest BCUT2D eigenvalue weighted by molar-refractivity contribution is -0.153. The van der Waals surface area contributed by atoms with Crippen LogP contribution in [0.3, 0.4) is 0 Å². The minimum absolute atomic E-state index is 0.220. The number of benzene rings is 2. The molecular weight excluding hydrogens is 350 g/mol. The highest BCUT2D eigenvalue weighted by Crippen LogP contribution is 2.16. The van der Waals surface area contributed by atoms with Crippen LogP contribution in [0.2, 0.25) is 0 Å². The van der Waals surface area contributed by atoms with E-state index in [0.717, 1.165) is 0 Å². The van der Waals surface area contributed by atoms with E-state index in [4.69, 9.17) is 14.2 Å². The molecule has 1 atom stereocenters. The zero-order valence-corrected chi connectivity index (χ0v) is 15.1. The van der Waals surface area contributed by atoms with E-state index in [0.29, 0.717) is 5.75 Å². The smallest absolute Gasteiger partial charge is 0.347 e. The molecule has 1 N–H and O–H groups in total. The van der Waals surface area contributed by atoms with Crippen molar-refractivity contribution in [1.29, 1.82) is 0 Å². The topological polar surface area (TPSA) is 90.9 Å². The molecule has 27 heavy (non-hydrogen) atoms. The van der Waals surface area contributed by atoms with Gasteiger partial charge in [-0.1, -0.05) is 30.3 Å².